The molecule has 0 atom stereocenters. The largest absolute Gasteiger partial charge is 0.506 e. The molecule has 1 aromatic carbocycles. The van der Waals surface area contributed by atoms with Crippen molar-refractivity contribution in [1.29, 1.82) is 0 Å². The summed E-state index contributed by atoms with van der Waals surface area (Å²) in [5, 5.41) is 10.0. The van der Waals surface area contributed by atoms with Crippen molar-refractivity contribution < 1.29 is 5.11 Å². The van der Waals surface area contributed by atoms with Gasteiger partial charge in [0.05, 0.1) is 4.47 Å². The number of phenols is 1. The zero-order valence-corrected chi connectivity index (χ0v) is 11.3. The van der Waals surface area contributed by atoms with Crippen LogP contribution in [0.25, 0.3) is 0 Å². The molecule has 0 spiro atoms. The molecule has 15 heavy (non-hydrogen) atoms. The summed E-state index contributed by atoms with van der Waals surface area (Å²) in [5.41, 5.74) is 8.72. The lowest BCUT2D eigenvalue weighted by Gasteiger charge is -2.21. The molecule has 2 nitrogen and oxygen atoms in total. The van der Waals surface area contributed by atoms with Crippen LogP contribution in [0.5, 0.6) is 5.75 Å². The number of halogens is 1. The molecule has 1 rings (SSSR count). The van der Waals surface area contributed by atoms with Gasteiger partial charge in [0.1, 0.15) is 5.75 Å². The van der Waals surface area contributed by atoms with Crippen LogP contribution < -0.4 is 5.73 Å². The maximum absolute atomic E-state index is 10.0. The van der Waals surface area contributed by atoms with Crippen molar-refractivity contribution in [3.63, 3.8) is 0 Å². The number of aromatic hydroxyl groups is 1. The van der Waals surface area contributed by atoms with Gasteiger partial charge in [-0.25, -0.2) is 0 Å². The van der Waals surface area contributed by atoms with Crippen LogP contribution in [-0.4, -0.2) is 10.6 Å². The van der Waals surface area contributed by atoms with Crippen LogP contribution in [0.4, 0.5) is 0 Å². The Morgan fingerprint density at radius 3 is 2.33 bits per heavy atom. The number of hydrogen-bond acceptors (Lipinski definition) is 2. The maximum Gasteiger partial charge on any atom is 0.133 e. The summed E-state index contributed by atoms with van der Waals surface area (Å²) in [6.45, 7) is 7.88. The van der Waals surface area contributed by atoms with E-state index in [0.717, 1.165) is 21.2 Å². The molecule has 0 heterocycles. The van der Waals surface area contributed by atoms with E-state index in [2.05, 4.69) is 22.0 Å². The summed E-state index contributed by atoms with van der Waals surface area (Å²) in [6, 6.07) is 2.06. The minimum atomic E-state index is -0.309. The molecule has 84 valence electrons. The first-order chi connectivity index (χ1) is 6.72. The predicted octanol–water partition coefficient (Wildman–Crippen LogP) is 3.05. The third-order valence-corrected chi connectivity index (χ3v) is 3.38. The van der Waals surface area contributed by atoms with Gasteiger partial charge < -0.3 is 10.8 Å². The molecule has 0 aliphatic heterocycles. The Hall–Kier alpha value is -0.540. The molecular formula is C12H18BrNO. The molecule has 0 saturated carbocycles. The Labute approximate surface area is 99.6 Å². The van der Waals surface area contributed by atoms with Crippen molar-refractivity contribution in [2.45, 2.75) is 39.7 Å². The molecule has 1 aromatic rings. The molecule has 3 N–H and O–H groups in total. The molecule has 0 aromatic heterocycles. The van der Waals surface area contributed by atoms with E-state index in [1.807, 2.05) is 27.7 Å². The summed E-state index contributed by atoms with van der Waals surface area (Å²) >= 11 is 3.38. The zero-order valence-electron chi connectivity index (χ0n) is 9.69. The molecule has 3 heteroatoms. The Morgan fingerprint density at radius 2 is 1.87 bits per heavy atom. The first kappa shape index (κ1) is 12.5. The van der Waals surface area contributed by atoms with Crippen LogP contribution in [0.3, 0.4) is 0 Å². The topological polar surface area (TPSA) is 46.2 Å². The third-order valence-electron chi connectivity index (χ3n) is 2.38. The van der Waals surface area contributed by atoms with E-state index < -0.39 is 0 Å². The quantitative estimate of drug-likeness (QED) is 0.869. The number of rotatable bonds is 2. The third kappa shape index (κ3) is 2.95. The molecule has 0 unspecified atom stereocenters. The molecule has 0 fully saturated rings. The van der Waals surface area contributed by atoms with Crippen LogP contribution in [0.2, 0.25) is 0 Å². The highest BCUT2D eigenvalue weighted by Gasteiger charge is 2.18. The minimum absolute atomic E-state index is 0.309. The van der Waals surface area contributed by atoms with Crippen molar-refractivity contribution in [2.75, 3.05) is 0 Å². The normalized spacial score (nSPS) is 11.9. The van der Waals surface area contributed by atoms with Gasteiger partial charge in [-0.15, -0.1) is 0 Å². The summed E-state index contributed by atoms with van der Waals surface area (Å²) in [7, 11) is 0. The van der Waals surface area contributed by atoms with Crippen LogP contribution in [0, 0.1) is 13.8 Å². The van der Waals surface area contributed by atoms with Crippen LogP contribution >= 0.6 is 15.9 Å². The zero-order chi connectivity index (χ0) is 11.8. The van der Waals surface area contributed by atoms with Crippen LogP contribution in [0.15, 0.2) is 10.5 Å². The molecule has 0 aliphatic carbocycles. The standard InChI is InChI=1S/C12H18BrNO/c1-7-5-8(2)10(13)11(15)9(7)6-12(3,4)14/h5,15H,6,14H2,1-4H3. The molecule has 0 saturated heterocycles. The van der Waals surface area contributed by atoms with Crippen LogP contribution in [-0.2, 0) is 6.42 Å². The van der Waals surface area contributed by atoms with Crippen molar-refractivity contribution in [2.24, 2.45) is 5.73 Å². The Balaban J connectivity index is 3.24. The van der Waals surface area contributed by atoms with E-state index in [4.69, 9.17) is 5.73 Å². The van der Waals surface area contributed by atoms with Gasteiger partial charge in [0.25, 0.3) is 0 Å². The summed E-state index contributed by atoms with van der Waals surface area (Å²) < 4.78 is 0.771. The first-order valence-corrected chi connectivity index (χ1v) is 5.78. The average molecular weight is 272 g/mol. The molecule has 0 aliphatic rings. The fourth-order valence-electron chi connectivity index (χ4n) is 1.66. The van der Waals surface area contributed by atoms with Gasteiger partial charge in [-0.1, -0.05) is 6.07 Å². The van der Waals surface area contributed by atoms with E-state index in [0.29, 0.717) is 12.2 Å². The summed E-state index contributed by atoms with van der Waals surface area (Å²) in [4.78, 5) is 0. The maximum atomic E-state index is 10.0. The number of phenolic OH excluding ortho intramolecular Hbond substituents is 1. The number of aryl methyl sites for hydroxylation is 2. The first-order valence-electron chi connectivity index (χ1n) is 4.99. The average Bonchev–Trinajstić information content (AvgIpc) is 2.07. The Bertz CT molecular complexity index is 380. The summed E-state index contributed by atoms with van der Waals surface area (Å²) in [6.07, 6.45) is 0.670. The second kappa shape index (κ2) is 4.14. The second-order valence-corrected chi connectivity index (χ2v) is 5.61. The van der Waals surface area contributed by atoms with Gasteiger partial charge in [-0.05, 0) is 66.7 Å². The van der Waals surface area contributed by atoms with E-state index in [9.17, 15) is 5.11 Å². The minimum Gasteiger partial charge on any atom is -0.506 e. The van der Waals surface area contributed by atoms with Crippen molar-refractivity contribution >= 4 is 15.9 Å². The Kier molecular flexibility index (Phi) is 3.46. The lowest BCUT2D eigenvalue weighted by atomic mass is 9.92. The highest BCUT2D eigenvalue weighted by molar-refractivity contribution is 9.10. The SMILES string of the molecule is Cc1cc(C)c(CC(C)(C)N)c(O)c1Br. The fraction of sp³-hybridized carbons (Fsp3) is 0.500. The molecular weight excluding hydrogens is 254 g/mol. The van der Waals surface area contributed by atoms with Gasteiger partial charge in [-0.3, -0.25) is 0 Å². The second-order valence-electron chi connectivity index (χ2n) is 4.82. The molecule has 0 bridgehead atoms. The molecule has 0 amide bonds. The number of hydrogen-bond donors (Lipinski definition) is 2. The highest BCUT2D eigenvalue weighted by atomic mass is 79.9. The van der Waals surface area contributed by atoms with Crippen molar-refractivity contribution in [3.8, 4) is 5.75 Å². The van der Waals surface area contributed by atoms with Gasteiger partial charge in [0, 0.05) is 5.54 Å². The van der Waals surface area contributed by atoms with Gasteiger partial charge in [-0.2, -0.15) is 0 Å². The van der Waals surface area contributed by atoms with Crippen LogP contribution in [0.1, 0.15) is 30.5 Å². The van der Waals surface area contributed by atoms with E-state index in [-0.39, 0.29) is 5.54 Å². The lowest BCUT2D eigenvalue weighted by Crippen LogP contribution is -2.34. The smallest absolute Gasteiger partial charge is 0.133 e. The predicted molar refractivity (Wildman–Crippen MR) is 67.3 cm³/mol. The highest BCUT2D eigenvalue weighted by Crippen LogP contribution is 2.35. The van der Waals surface area contributed by atoms with E-state index in [1.165, 1.54) is 0 Å². The number of nitrogens with two attached hydrogens (primary N) is 1. The monoisotopic (exact) mass is 271 g/mol. The van der Waals surface area contributed by atoms with Gasteiger partial charge in [0.2, 0.25) is 0 Å². The van der Waals surface area contributed by atoms with Crippen molar-refractivity contribution in [1.82, 2.24) is 0 Å². The fourth-order valence-corrected chi connectivity index (χ4v) is 2.01. The molecule has 0 radical (unpaired) electrons. The van der Waals surface area contributed by atoms with E-state index >= 15 is 0 Å². The van der Waals surface area contributed by atoms with Crippen molar-refractivity contribution in [3.05, 3.63) is 27.2 Å². The Morgan fingerprint density at radius 1 is 1.33 bits per heavy atom. The van der Waals surface area contributed by atoms with Gasteiger partial charge in [0.15, 0.2) is 0 Å². The lowest BCUT2D eigenvalue weighted by molar-refractivity contribution is 0.445. The summed E-state index contributed by atoms with van der Waals surface area (Å²) in [5.74, 6) is 0.325. The van der Waals surface area contributed by atoms with E-state index in [1.54, 1.807) is 0 Å². The number of benzene rings is 1. The van der Waals surface area contributed by atoms with Gasteiger partial charge >= 0.3 is 0 Å².